The fraction of sp³-hybridized carbons (Fsp3) is 0.400. The van der Waals surface area contributed by atoms with E-state index in [0.717, 1.165) is 58.1 Å². The van der Waals surface area contributed by atoms with Crippen molar-refractivity contribution in [3.05, 3.63) is 61.9 Å². The first kappa shape index (κ1) is 40.2. The fourth-order valence-corrected chi connectivity index (χ4v) is 9.35. The first-order chi connectivity index (χ1) is 27.2. The topological polar surface area (TPSA) is 150 Å². The van der Waals surface area contributed by atoms with Crippen LogP contribution in [-0.4, -0.2) is 93.7 Å². The van der Waals surface area contributed by atoms with E-state index in [2.05, 4.69) is 40.9 Å². The van der Waals surface area contributed by atoms with Crippen LogP contribution in [0.1, 0.15) is 44.8 Å². The van der Waals surface area contributed by atoms with Crippen LogP contribution >= 0.6 is 34.3 Å². The van der Waals surface area contributed by atoms with Crippen molar-refractivity contribution in [3.63, 3.8) is 0 Å². The molecule has 0 saturated heterocycles. The van der Waals surface area contributed by atoms with Gasteiger partial charge in [-0.2, -0.15) is 26.3 Å². The van der Waals surface area contributed by atoms with Gasteiger partial charge in [0, 0.05) is 42.1 Å². The van der Waals surface area contributed by atoms with Crippen LogP contribution in [0.15, 0.2) is 29.8 Å². The number of carbonyl (C=O) groups excluding carboxylic acids is 2. The number of alkyl halides is 6. The Balaban J connectivity index is 0.000000188. The number of fused-ring (bicyclic) bond motifs is 7. The average molecular weight is 855 g/mol. The van der Waals surface area contributed by atoms with E-state index < -0.39 is 50.3 Å². The summed E-state index contributed by atoms with van der Waals surface area (Å²) in [4.78, 5) is 52.1. The molecule has 3 N–H and O–H groups in total. The van der Waals surface area contributed by atoms with Crippen LogP contribution in [-0.2, 0) is 32.5 Å². The molecule has 22 heteroatoms. The molecule has 0 fully saturated rings. The zero-order valence-corrected chi connectivity index (χ0v) is 32.4. The van der Waals surface area contributed by atoms with Gasteiger partial charge in [0.2, 0.25) is 0 Å². The third-order valence-corrected chi connectivity index (χ3v) is 11.9. The van der Waals surface area contributed by atoms with E-state index >= 15 is 0 Å². The quantitative estimate of drug-likeness (QED) is 0.111. The number of anilines is 2. The number of hydrogen-bond acceptors (Lipinski definition) is 11. The van der Waals surface area contributed by atoms with Crippen LogP contribution in [0.2, 0.25) is 5.15 Å². The second-order valence-electron chi connectivity index (χ2n) is 13.1. The predicted octanol–water partition coefficient (Wildman–Crippen LogP) is 7.76. The second kappa shape index (κ2) is 16.5. The van der Waals surface area contributed by atoms with Gasteiger partial charge < -0.3 is 30.5 Å². The van der Waals surface area contributed by atoms with Crippen molar-refractivity contribution in [3.8, 4) is 5.75 Å². The molecule has 0 aliphatic carbocycles. The zero-order valence-electron chi connectivity index (χ0n) is 30.0. The molecule has 0 spiro atoms. The number of amides is 4. The number of nitrogens with zero attached hydrogens (tertiary/aromatic N) is 7. The molecule has 4 amide bonds. The standard InChI is InChI=1S/C22H21F3N6O2S.C13H12ClF3N4OS/c1-33-16-7-13-9-26-8-12(13)6-15(16)30-19-18-14-2-5-31(21(32)27-4-3-22(23,24)25)10-17(14)34-20(18)29-11-28-19;14-10-9-7-1-4-21(12(22)18-3-2-13(15,16)17)5-8(7)23-11(9)20-6-19-10/h6-8,11H,2-5,9-10H2,1H3,(H,27,32)(H,28,29,30);6H,1-5H2,(H,18,22). The van der Waals surface area contributed by atoms with Crippen LogP contribution in [0.4, 0.5) is 47.4 Å². The summed E-state index contributed by atoms with van der Waals surface area (Å²) in [6.07, 6.45) is -4.84. The van der Waals surface area contributed by atoms with E-state index in [1.54, 1.807) is 7.11 Å². The van der Waals surface area contributed by atoms with Crippen molar-refractivity contribution in [2.24, 2.45) is 4.99 Å². The molecule has 4 aromatic heterocycles. The van der Waals surface area contributed by atoms with E-state index in [1.807, 2.05) is 18.3 Å². The summed E-state index contributed by atoms with van der Waals surface area (Å²) >= 11 is 8.99. The Bertz CT molecular complexity index is 2350. The number of aromatic nitrogens is 4. The van der Waals surface area contributed by atoms with Gasteiger partial charge in [-0.25, -0.2) is 29.5 Å². The third-order valence-electron chi connectivity index (χ3n) is 9.38. The van der Waals surface area contributed by atoms with Gasteiger partial charge in [0.15, 0.2) is 0 Å². The molecule has 302 valence electrons. The molecular formula is C35H33ClF6N10O3S2. The highest BCUT2D eigenvalue weighted by atomic mass is 35.5. The van der Waals surface area contributed by atoms with Crippen molar-refractivity contribution >= 4 is 84.5 Å². The number of nitrogens with one attached hydrogen (secondary N) is 3. The van der Waals surface area contributed by atoms with Crippen LogP contribution in [0.5, 0.6) is 5.75 Å². The SMILES string of the molecule is COc1cc2c(cc1Nc1ncnc3sc4c(c13)CCN(C(=O)NCCC(F)(F)F)C4)C=NC2.O=C(NCCC(F)(F)F)N1CCc2c(sc3ncnc(Cl)c23)C1. The molecule has 5 aromatic rings. The molecule has 57 heavy (non-hydrogen) atoms. The number of methoxy groups -OCH3 is 1. The van der Waals surface area contributed by atoms with Gasteiger partial charge in [-0.1, -0.05) is 11.6 Å². The van der Waals surface area contributed by atoms with Crippen molar-refractivity contribution in [1.29, 1.82) is 0 Å². The van der Waals surface area contributed by atoms with E-state index in [9.17, 15) is 35.9 Å². The monoisotopic (exact) mass is 854 g/mol. The lowest BCUT2D eigenvalue weighted by molar-refractivity contribution is -0.134. The number of ether oxygens (including phenoxy) is 1. The lowest BCUT2D eigenvalue weighted by Gasteiger charge is -2.27. The normalized spacial score (nSPS) is 14.8. The molecule has 3 aliphatic heterocycles. The van der Waals surface area contributed by atoms with Gasteiger partial charge in [0.25, 0.3) is 0 Å². The van der Waals surface area contributed by atoms with Crippen LogP contribution in [0.25, 0.3) is 20.4 Å². The van der Waals surface area contributed by atoms with Crippen molar-refractivity contribution in [1.82, 2.24) is 40.4 Å². The number of rotatable bonds is 7. The summed E-state index contributed by atoms with van der Waals surface area (Å²) in [5, 5.41) is 10.1. The Hall–Kier alpha value is -5.02. The number of thiophene rings is 2. The number of aliphatic imine (C=N–C) groups is 1. The van der Waals surface area contributed by atoms with Gasteiger partial charge >= 0.3 is 24.4 Å². The van der Waals surface area contributed by atoms with Crippen LogP contribution in [0, 0.1) is 0 Å². The van der Waals surface area contributed by atoms with Crippen LogP contribution in [0.3, 0.4) is 0 Å². The maximum absolute atomic E-state index is 12.4. The lowest BCUT2D eigenvalue weighted by atomic mass is 10.0. The number of carbonyl (C=O) groups is 2. The highest BCUT2D eigenvalue weighted by molar-refractivity contribution is 7.19. The molecular weight excluding hydrogens is 822 g/mol. The maximum atomic E-state index is 12.4. The van der Waals surface area contributed by atoms with Gasteiger partial charge in [-0.05, 0) is 47.2 Å². The summed E-state index contributed by atoms with van der Waals surface area (Å²) in [6, 6.07) is 2.95. The molecule has 0 saturated carbocycles. The van der Waals surface area contributed by atoms with E-state index in [4.69, 9.17) is 16.3 Å². The van der Waals surface area contributed by atoms with Crippen molar-refractivity contribution in [2.45, 2.75) is 57.7 Å². The minimum atomic E-state index is -4.30. The highest BCUT2D eigenvalue weighted by Gasteiger charge is 2.31. The summed E-state index contributed by atoms with van der Waals surface area (Å²) in [6.45, 7) is 1.23. The lowest BCUT2D eigenvalue weighted by Crippen LogP contribution is -2.43. The zero-order chi connectivity index (χ0) is 40.5. The first-order valence-electron chi connectivity index (χ1n) is 17.5. The largest absolute Gasteiger partial charge is 0.495 e. The Morgan fingerprint density at radius 2 is 1.39 bits per heavy atom. The Morgan fingerprint density at radius 3 is 1.96 bits per heavy atom. The van der Waals surface area contributed by atoms with Gasteiger partial charge in [-0.3, -0.25) is 4.99 Å². The second-order valence-corrected chi connectivity index (χ2v) is 15.7. The number of urea groups is 2. The van der Waals surface area contributed by atoms with Crippen LogP contribution < -0.4 is 20.7 Å². The molecule has 13 nitrogen and oxygen atoms in total. The Labute approximate surface area is 333 Å². The van der Waals surface area contributed by atoms with E-state index in [-0.39, 0.29) is 0 Å². The smallest absolute Gasteiger partial charge is 0.390 e. The molecule has 7 heterocycles. The minimum absolute atomic E-state index is 0.312. The minimum Gasteiger partial charge on any atom is -0.495 e. The van der Waals surface area contributed by atoms with Gasteiger partial charge in [0.1, 0.15) is 39.0 Å². The van der Waals surface area contributed by atoms with Crippen molar-refractivity contribution < 1.29 is 40.7 Å². The number of benzene rings is 1. The van der Waals surface area contributed by atoms with Crippen molar-refractivity contribution in [2.75, 3.05) is 38.6 Å². The molecule has 3 aliphatic rings. The van der Waals surface area contributed by atoms with Gasteiger partial charge in [-0.15, -0.1) is 22.7 Å². The molecule has 0 atom stereocenters. The highest BCUT2D eigenvalue weighted by Crippen LogP contribution is 2.40. The molecule has 0 bridgehead atoms. The maximum Gasteiger partial charge on any atom is 0.390 e. The molecule has 0 radical (unpaired) electrons. The molecule has 0 unspecified atom stereocenters. The van der Waals surface area contributed by atoms with E-state index in [1.165, 1.54) is 45.1 Å². The van der Waals surface area contributed by atoms with E-state index in [0.29, 0.717) is 62.3 Å². The Morgan fingerprint density at radius 1 is 0.825 bits per heavy atom. The summed E-state index contributed by atoms with van der Waals surface area (Å²) in [5.74, 6) is 1.32. The predicted molar refractivity (Wildman–Crippen MR) is 204 cm³/mol. The number of halogens is 7. The third kappa shape index (κ3) is 9.25. The molecule has 8 rings (SSSR count). The number of hydrogen-bond donors (Lipinski definition) is 3. The summed E-state index contributed by atoms with van der Waals surface area (Å²) in [5.41, 5.74) is 4.94. The Kier molecular flexibility index (Phi) is 11.6. The summed E-state index contributed by atoms with van der Waals surface area (Å²) in [7, 11) is 1.61. The fourth-order valence-electron chi connectivity index (χ4n) is 6.64. The molecule has 1 aromatic carbocycles. The average Bonchev–Trinajstić information content (AvgIpc) is 3.88. The van der Waals surface area contributed by atoms with Gasteiger partial charge in [0.05, 0.1) is 56.0 Å². The first-order valence-corrected chi connectivity index (χ1v) is 19.5. The summed E-state index contributed by atoms with van der Waals surface area (Å²) < 4.78 is 79.0.